The van der Waals surface area contributed by atoms with Crippen molar-refractivity contribution in [3.63, 3.8) is 0 Å². The zero-order chi connectivity index (χ0) is 18.2. The number of piperidine rings is 1. The van der Waals surface area contributed by atoms with Gasteiger partial charge in [0.05, 0.1) is 5.75 Å². The van der Waals surface area contributed by atoms with Crippen LogP contribution in [0, 0.1) is 0 Å². The third-order valence-corrected chi connectivity index (χ3v) is 7.45. The molecule has 1 aliphatic carbocycles. The van der Waals surface area contributed by atoms with Crippen molar-refractivity contribution >= 4 is 15.7 Å². The summed E-state index contributed by atoms with van der Waals surface area (Å²) in [7, 11) is -3.22. The van der Waals surface area contributed by atoms with E-state index < -0.39 is 10.0 Å². The number of para-hydroxylation sites is 1. The molecule has 5 heteroatoms. The zero-order valence-corrected chi connectivity index (χ0v) is 16.0. The van der Waals surface area contributed by atoms with Crippen LogP contribution in [-0.4, -0.2) is 27.3 Å². The SMILES string of the molecule is CCS(=O)(=O)N[C@H]1CC2(CCN(c3ccccc3)CC2)c2ccccc21. The lowest BCUT2D eigenvalue weighted by Gasteiger charge is -2.41. The van der Waals surface area contributed by atoms with E-state index in [1.807, 2.05) is 12.1 Å². The van der Waals surface area contributed by atoms with Gasteiger partial charge in [0.25, 0.3) is 0 Å². The first-order valence-electron chi connectivity index (χ1n) is 9.42. The van der Waals surface area contributed by atoms with Gasteiger partial charge in [-0.25, -0.2) is 13.1 Å². The van der Waals surface area contributed by atoms with Gasteiger partial charge in [0.1, 0.15) is 0 Å². The predicted molar refractivity (Wildman–Crippen MR) is 106 cm³/mol. The number of rotatable bonds is 4. The van der Waals surface area contributed by atoms with E-state index >= 15 is 0 Å². The number of fused-ring (bicyclic) bond motifs is 2. The van der Waals surface area contributed by atoms with E-state index in [9.17, 15) is 8.42 Å². The van der Waals surface area contributed by atoms with E-state index in [4.69, 9.17) is 0 Å². The number of nitrogens with one attached hydrogen (secondary N) is 1. The Hall–Kier alpha value is -1.85. The van der Waals surface area contributed by atoms with Crippen LogP contribution in [-0.2, 0) is 15.4 Å². The zero-order valence-electron chi connectivity index (χ0n) is 15.2. The number of benzene rings is 2. The average molecular weight is 371 g/mol. The number of hydrogen-bond acceptors (Lipinski definition) is 3. The highest BCUT2D eigenvalue weighted by molar-refractivity contribution is 7.89. The lowest BCUT2D eigenvalue weighted by atomic mass is 9.73. The summed E-state index contributed by atoms with van der Waals surface area (Å²) in [5.74, 6) is 0.125. The Morgan fingerprint density at radius 3 is 2.38 bits per heavy atom. The van der Waals surface area contributed by atoms with Gasteiger partial charge in [0, 0.05) is 30.2 Å². The highest BCUT2D eigenvalue weighted by atomic mass is 32.2. The largest absolute Gasteiger partial charge is 0.371 e. The second-order valence-electron chi connectivity index (χ2n) is 7.47. The van der Waals surface area contributed by atoms with E-state index in [0.717, 1.165) is 37.9 Å². The normalized spacial score (nSPS) is 21.7. The summed E-state index contributed by atoms with van der Waals surface area (Å²) in [4.78, 5) is 2.44. The molecule has 1 aliphatic heterocycles. The molecule has 0 unspecified atom stereocenters. The summed E-state index contributed by atoms with van der Waals surface area (Å²) in [5.41, 5.74) is 3.87. The molecule has 1 spiro atoms. The monoisotopic (exact) mass is 370 g/mol. The second kappa shape index (κ2) is 6.71. The van der Waals surface area contributed by atoms with Crippen molar-refractivity contribution in [1.29, 1.82) is 0 Å². The molecule has 1 fully saturated rings. The molecular weight excluding hydrogens is 344 g/mol. The second-order valence-corrected chi connectivity index (χ2v) is 9.51. The van der Waals surface area contributed by atoms with Gasteiger partial charge >= 0.3 is 0 Å². The van der Waals surface area contributed by atoms with E-state index in [1.54, 1.807) is 6.92 Å². The molecule has 1 heterocycles. The predicted octanol–water partition coefficient (Wildman–Crippen LogP) is 3.61. The molecule has 0 radical (unpaired) electrons. The van der Waals surface area contributed by atoms with Gasteiger partial charge in [0.15, 0.2) is 0 Å². The number of nitrogens with zero attached hydrogens (tertiary/aromatic N) is 1. The fourth-order valence-electron chi connectivity index (χ4n) is 4.60. The van der Waals surface area contributed by atoms with Crippen LogP contribution < -0.4 is 9.62 Å². The Morgan fingerprint density at radius 2 is 1.69 bits per heavy atom. The van der Waals surface area contributed by atoms with Gasteiger partial charge in [0.2, 0.25) is 10.0 Å². The highest BCUT2D eigenvalue weighted by Gasteiger charge is 2.46. The Morgan fingerprint density at radius 1 is 1.04 bits per heavy atom. The van der Waals surface area contributed by atoms with Crippen molar-refractivity contribution in [2.24, 2.45) is 0 Å². The smallest absolute Gasteiger partial charge is 0.211 e. The highest BCUT2D eigenvalue weighted by Crippen LogP contribution is 2.51. The van der Waals surface area contributed by atoms with Crippen LogP contribution in [0.3, 0.4) is 0 Å². The van der Waals surface area contributed by atoms with E-state index in [-0.39, 0.29) is 17.2 Å². The minimum atomic E-state index is -3.22. The molecule has 2 aromatic carbocycles. The average Bonchev–Trinajstić information content (AvgIpc) is 2.96. The maximum atomic E-state index is 12.2. The minimum absolute atomic E-state index is 0.0861. The molecule has 4 nitrogen and oxygen atoms in total. The number of sulfonamides is 1. The summed E-state index contributed by atoms with van der Waals surface area (Å²) < 4.78 is 27.2. The molecule has 1 saturated heterocycles. The third kappa shape index (κ3) is 3.14. The van der Waals surface area contributed by atoms with Crippen LogP contribution in [0.5, 0.6) is 0 Å². The van der Waals surface area contributed by atoms with Crippen LogP contribution in [0.15, 0.2) is 54.6 Å². The topological polar surface area (TPSA) is 49.4 Å². The number of anilines is 1. The molecule has 2 aromatic rings. The Bertz CT molecular complexity index is 872. The lowest BCUT2D eigenvalue weighted by molar-refractivity contribution is 0.311. The summed E-state index contributed by atoms with van der Waals surface area (Å²) >= 11 is 0. The first-order valence-corrected chi connectivity index (χ1v) is 11.1. The molecule has 0 bridgehead atoms. The van der Waals surface area contributed by atoms with E-state index in [0.29, 0.717) is 0 Å². The maximum Gasteiger partial charge on any atom is 0.211 e. The van der Waals surface area contributed by atoms with Crippen molar-refractivity contribution in [2.75, 3.05) is 23.7 Å². The van der Waals surface area contributed by atoms with Gasteiger partial charge in [-0.2, -0.15) is 0 Å². The van der Waals surface area contributed by atoms with Crippen molar-refractivity contribution in [2.45, 2.75) is 37.6 Å². The molecule has 138 valence electrons. The first kappa shape index (κ1) is 17.6. The van der Waals surface area contributed by atoms with Gasteiger partial charge in [-0.05, 0) is 49.4 Å². The molecule has 1 atom stereocenters. The van der Waals surface area contributed by atoms with Crippen molar-refractivity contribution in [3.05, 3.63) is 65.7 Å². The van der Waals surface area contributed by atoms with Crippen LogP contribution in [0.2, 0.25) is 0 Å². The quantitative estimate of drug-likeness (QED) is 0.894. The summed E-state index contributed by atoms with van der Waals surface area (Å²) in [5, 5.41) is 0. The fourth-order valence-corrected chi connectivity index (χ4v) is 5.42. The van der Waals surface area contributed by atoms with Crippen molar-refractivity contribution < 1.29 is 8.42 Å². The van der Waals surface area contributed by atoms with Crippen LogP contribution in [0.25, 0.3) is 0 Å². The molecule has 26 heavy (non-hydrogen) atoms. The van der Waals surface area contributed by atoms with Crippen molar-refractivity contribution in [1.82, 2.24) is 4.72 Å². The Balaban J connectivity index is 1.58. The Labute approximate surface area is 156 Å². The van der Waals surface area contributed by atoms with Crippen LogP contribution in [0.4, 0.5) is 5.69 Å². The molecule has 0 saturated carbocycles. The molecule has 1 N–H and O–H groups in total. The molecule has 0 amide bonds. The first-order chi connectivity index (χ1) is 12.5. The van der Waals surface area contributed by atoms with Crippen LogP contribution >= 0.6 is 0 Å². The van der Waals surface area contributed by atoms with Gasteiger partial charge in [-0.1, -0.05) is 42.5 Å². The molecule has 2 aliphatic rings. The maximum absolute atomic E-state index is 12.2. The summed E-state index contributed by atoms with van der Waals surface area (Å²) in [6.45, 7) is 3.70. The number of hydrogen-bond donors (Lipinski definition) is 1. The van der Waals surface area contributed by atoms with Crippen molar-refractivity contribution in [3.8, 4) is 0 Å². The Kier molecular flexibility index (Phi) is 4.53. The molecule has 0 aromatic heterocycles. The molecular formula is C21H26N2O2S. The van der Waals surface area contributed by atoms with Crippen LogP contribution in [0.1, 0.15) is 43.4 Å². The molecule has 4 rings (SSSR count). The lowest BCUT2D eigenvalue weighted by Crippen LogP contribution is -2.42. The third-order valence-electron chi connectivity index (χ3n) is 6.05. The summed E-state index contributed by atoms with van der Waals surface area (Å²) in [6.07, 6.45) is 2.99. The standard InChI is InChI=1S/C21H26N2O2S/c1-2-26(24,25)22-20-16-21(19-11-7-6-10-18(19)20)12-14-23(15-13-21)17-8-4-3-5-9-17/h3-11,20,22H,2,12-16H2,1H3/t20-/m0/s1. The minimum Gasteiger partial charge on any atom is -0.371 e. The van der Waals surface area contributed by atoms with E-state index in [1.165, 1.54) is 11.3 Å². The van der Waals surface area contributed by atoms with Gasteiger partial charge in [-0.3, -0.25) is 0 Å². The fraction of sp³-hybridized carbons (Fsp3) is 0.429. The summed E-state index contributed by atoms with van der Waals surface area (Å²) in [6, 6.07) is 18.8. The van der Waals surface area contributed by atoms with E-state index in [2.05, 4.69) is 52.1 Å². The van der Waals surface area contributed by atoms with Gasteiger partial charge < -0.3 is 4.90 Å². The van der Waals surface area contributed by atoms with Gasteiger partial charge in [-0.15, -0.1) is 0 Å².